The second-order valence-electron chi connectivity index (χ2n) is 3.60. The molecule has 1 aromatic heterocycles. The van der Waals surface area contributed by atoms with E-state index in [-0.39, 0.29) is 0 Å². The predicted octanol–water partition coefficient (Wildman–Crippen LogP) is 2.16. The molecule has 1 aromatic carbocycles. The Bertz CT molecular complexity index is 527. The molecule has 0 saturated heterocycles. The zero-order valence-electron chi connectivity index (χ0n) is 9.46. The zero-order chi connectivity index (χ0) is 12.4. The number of aromatic nitrogens is 3. The van der Waals surface area contributed by atoms with Crippen molar-refractivity contribution in [3.05, 3.63) is 35.9 Å². The van der Waals surface area contributed by atoms with Crippen molar-refractivity contribution in [1.29, 1.82) is 0 Å². The standard InChI is InChI=1S/C11H12FN3OS/c1-7(16)10-8(12)4-3-5-9(10)17-11-13-6-14-15(11)2/h3-7,16H,1-2H3. The summed E-state index contributed by atoms with van der Waals surface area (Å²) in [6.07, 6.45) is 0.580. The molecule has 1 atom stereocenters. The first-order valence-corrected chi connectivity index (χ1v) is 5.89. The van der Waals surface area contributed by atoms with Crippen LogP contribution in [0.25, 0.3) is 0 Å². The molecule has 0 aliphatic rings. The number of aliphatic hydroxyl groups is 1. The number of aliphatic hydroxyl groups excluding tert-OH is 1. The molecule has 1 unspecified atom stereocenters. The van der Waals surface area contributed by atoms with Crippen LogP contribution in [-0.4, -0.2) is 19.9 Å². The van der Waals surface area contributed by atoms with Crippen LogP contribution in [0.1, 0.15) is 18.6 Å². The van der Waals surface area contributed by atoms with Crippen LogP contribution < -0.4 is 0 Å². The average Bonchev–Trinajstić information content (AvgIpc) is 2.64. The number of hydrogen-bond donors (Lipinski definition) is 1. The maximum Gasteiger partial charge on any atom is 0.190 e. The minimum atomic E-state index is -0.855. The van der Waals surface area contributed by atoms with Gasteiger partial charge in [-0.15, -0.1) is 0 Å². The van der Waals surface area contributed by atoms with E-state index in [4.69, 9.17) is 0 Å². The highest BCUT2D eigenvalue weighted by molar-refractivity contribution is 7.99. The van der Waals surface area contributed by atoms with Crippen molar-refractivity contribution in [3.63, 3.8) is 0 Å². The highest BCUT2D eigenvalue weighted by atomic mass is 32.2. The molecule has 0 amide bonds. The third-order valence-corrected chi connectivity index (χ3v) is 3.43. The Labute approximate surface area is 102 Å². The molecule has 2 aromatic rings. The van der Waals surface area contributed by atoms with Crippen LogP contribution in [0.2, 0.25) is 0 Å². The summed E-state index contributed by atoms with van der Waals surface area (Å²) >= 11 is 1.28. The van der Waals surface area contributed by atoms with E-state index in [1.54, 1.807) is 30.8 Å². The molecular weight excluding hydrogens is 241 g/mol. The molecule has 4 nitrogen and oxygen atoms in total. The Morgan fingerprint density at radius 3 is 2.82 bits per heavy atom. The fourth-order valence-corrected chi connectivity index (χ4v) is 2.49. The number of hydrogen-bond acceptors (Lipinski definition) is 4. The van der Waals surface area contributed by atoms with E-state index in [0.29, 0.717) is 15.6 Å². The zero-order valence-corrected chi connectivity index (χ0v) is 10.3. The molecule has 0 fully saturated rings. The Balaban J connectivity index is 2.39. The minimum absolute atomic E-state index is 0.292. The van der Waals surface area contributed by atoms with Crippen LogP contribution in [0.5, 0.6) is 0 Å². The summed E-state index contributed by atoms with van der Waals surface area (Å²) in [5, 5.41) is 14.2. The SMILES string of the molecule is CC(O)c1c(F)cccc1Sc1ncnn1C. The van der Waals surface area contributed by atoms with E-state index in [0.717, 1.165) is 0 Å². The molecule has 1 N–H and O–H groups in total. The second-order valence-corrected chi connectivity index (χ2v) is 4.61. The molecular formula is C11H12FN3OS. The lowest BCUT2D eigenvalue weighted by atomic mass is 10.1. The number of nitrogens with zero attached hydrogens (tertiary/aromatic N) is 3. The normalized spacial score (nSPS) is 12.7. The molecule has 0 radical (unpaired) electrons. The smallest absolute Gasteiger partial charge is 0.190 e. The molecule has 90 valence electrons. The summed E-state index contributed by atoms with van der Waals surface area (Å²) in [4.78, 5) is 4.70. The van der Waals surface area contributed by atoms with Crippen molar-refractivity contribution < 1.29 is 9.50 Å². The Morgan fingerprint density at radius 1 is 1.47 bits per heavy atom. The maximum atomic E-state index is 13.6. The van der Waals surface area contributed by atoms with E-state index in [2.05, 4.69) is 10.1 Å². The first kappa shape index (κ1) is 12.1. The fourth-order valence-electron chi connectivity index (χ4n) is 1.49. The molecule has 0 spiro atoms. The number of aryl methyl sites for hydroxylation is 1. The number of halogens is 1. The first-order valence-electron chi connectivity index (χ1n) is 5.08. The Hall–Kier alpha value is -1.40. The maximum absolute atomic E-state index is 13.6. The van der Waals surface area contributed by atoms with Crippen molar-refractivity contribution in [3.8, 4) is 0 Å². The van der Waals surface area contributed by atoms with Gasteiger partial charge in [-0.2, -0.15) is 5.10 Å². The Kier molecular flexibility index (Phi) is 3.44. The lowest BCUT2D eigenvalue weighted by Crippen LogP contribution is -2.00. The summed E-state index contributed by atoms with van der Waals surface area (Å²) < 4.78 is 15.2. The molecule has 1 heterocycles. The second kappa shape index (κ2) is 4.85. The van der Waals surface area contributed by atoms with Crippen LogP contribution in [0.4, 0.5) is 4.39 Å². The van der Waals surface area contributed by atoms with Crippen molar-refractivity contribution in [2.45, 2.75) is 23.1 Å². The molecule has 17 heavy (non-hydrogen) atoms. The average molecular weight is 253 g/mol. The molecule has 0 aliphatic carbocycles. The third-order valence-electron chi connectivity index (χ3n) is 2.30. The lowest BCUT2D eigenvalue weighted by molar-refractivity contribution is 0.191. The van der Waals surface area contributed by atoms with Gasteiger partial charge in [-0.3, -0.25) is 0 Å². The van der Waals surface area contributed by atoms with Crippen molar-refractivity contribution >= 4 is 11.8 Å². The fraction of sp³-hybridized carbons (Fsp3) is 0.273. The van der Waals surface area contributed by atoms with Crippen LogP contribution in [-0.2, 0) is 7.05 Å². The highest BCUT2D eigenvalue weighted by Gasteiger charge is 2.15. The van der Waals surface area contributed by atoms with Crippen molar-refractivity contribution in [1.82, 2.24) is 14.8 Å². The van der Waals surface area contributed by atoms with E-state index in [1.165, 1.54) is 24.2 Å². The topological polar surface area (TPSA) is 50.9 Å². The highest BCUT2D eigenvalue weighted by Crippen LogP contribution is 2.33. The van der Waals surface area contributed by atoms with Crippen LogP contribution in [0, 0.1) is 5.82 Å². The summed E-state index contributed by atoms with van der Waals surface area (Å²) in [6.45, 7) is 1.54. The van der Waals surface area contributed by atoms with Crippen molar-refractivity contribution in [2.75, 3.05) is 0 Å². The molecule has 2 rings (SSSR count). The van der Waals surface area contributed by atoms with Gasteiger partial charge >= 0.3 is 0 Å². The lowest BCUT2D eigenvalue weighted by Gasteiger charge is -2.11. The van der Waals surface area contributed by atoms with Crippen molar-refractivity contribution in [2.24, 2.45) is 7.05 Å². The molecule has 0 aliphatic heterocycles. The van der Waals surface area contributed by atoms with E-state index in [1.807, 2.05) is 0 Å². The molecule has 0 saturated carbocycles. The Morgan fingerprint density at radius 2 is 2.24 bits per heavy atom. The summed E-state index contributed by atoms with van der Waals surface area (Å²) in [5.41, 5.74) is 0.292. The van der Waals surface area contributed by atoms with Gasteiger partial charge in [0.25, 0.3) is 0 Å². The molecule has 6 heteroatoms. The van der Waals surface area contributed by atoms with Crippen LogP contribution >= 0.6 is 11.8 Å². The summed E-state index contributed by atoms with van der Waals surface area (Å²) in [5.74, 6) is -0.410. The van der Waals surface area contributed by atoms with Gasteiger partial charge in [-0.05, 0) is 30.8 Å². The van der Waals surface area contributed by atoms with Crippen LogP contribution in [0.3, 0.4) is 0 Å². The van der Waals surface area contributed by atoms with Gasteiger partial charge in [-0.25, -0.2) is 14.1 Å². The van der Waals surface area contributed by atoms with Gasteiger partial charge in [0.2, 0.25) is 0 Å². The van der Waals surface area contributed by atoms with Gasteiger partial charge in [0.15, 0.2) is 5.16 Å². The first-order chi connectivity index (χ1) is 8.09. The number of benzene rings is 1. The van der Waals surface area contributed by atoms with Gasteiger partial charge in [-0.1, -0.05) is 6.07 Å². The summed E-state index contributed by atoms with van der Waals surface area (Å²) in [7, 11) is 1.76. The van der Waals surface area contributed by atoms with E-state index >= 15 is 0 Å². The quantitative estimate of drug-likeness (QED) is 0.910. The minimum Gasteiger partial charge on any atom is -0.389 e. The largest absolute Gasteiger partial charge is 0.389 e. The third kappa shape index (κ3) is 2.48. The summed E-state index contributed by atoms with van der Waals surface area (Å²) in [6, 6.07) is 4.70. The van der Waals surface area contributed by atoms with E-state index < -0.39 is 11.9 Å². The number of rotatable bonds is 3. The monoisotopic (exact) mass is 253 g/mol. The van der Waals surface area contributed by atoms with Gasteiger partial charge in [0.05, 0.1) is 6.10 Å². The van der Waals surface area contributed by atoms with Gasteiger partial charge in [0, 0.05) is 17.5 Å². The van der Waals surface area contributed by atoms with Gasteiger partial charge < -0.3 is 5.11 Å². The van der Waals surface area contributed by atoms with E-state index in [9.17, 15) is 9.50 Å². The predicted molar refractivity (Wildman–Crippen MR) is 62.2 cm³/mol. The van der Waals surface area contributed by atoms with Gasteiger partial charge in [0.1, 0.15) is 12.1 Å². The van der Waals surface area contributed by atoms with Crippen LogP contribution in [0.15, 0.2) is 34.6 Å². The molecule has 0 bridgehead atoms.